The van der Waals surface area contributed by atoms with Gasteiger partial charge in [0.25, 0.3) is 0 Å². The van der Waals surface area contributed by atoms with Gasteiger partial charge in [-0.1, -0.05) is 51.3 Å². The van der Waals surface area contributed by atoms with Crippen LogP contribution in [0, 0.1) is 0 Å². The lowest BCUT2D eigenvalue weighted by Crippen LogP contribution is -2.01. The number of carbonyl (C=O) groups excluding carboxylic acids is 1. The second kappa shape index (κ2) is 14.9. The van der Waals surface area contributed by atoms with E-state index in [4.69, 9.17) is 9.47 Å². The van der Waals surface area contributed by atoms with Gasteiger partial charge in [0.2, 0.25) is 0 Å². The predicted octanol–water partition coefficient (Wildman–Crippen LogP) is 7.50. The number of hydrogen-bond acceptors (Lipinski definition) is 5. The van der Waals surface area contributed by atoms with E-state index in [9.17, 15) is 4.79 Å². The molecule has 0 saturated carbocycles. The van der Waals surface area contributed by atoms with E-state index in [0.29, 0.717) is 6.61 Å². The Morgan fingerprint density at radius 1 is 0.839 bits per heavy atom. The molecule has 0 aliphatic rings. The lowest BCUT2D eigenvalue weighted by molar-refractivity contribution is -0.137. The molecule has 5 heteroatoms. The Hall–Kier alpha value is -2.95. The Bertz CT molecular complexity index is 798. The van der Waals surface area contributed by atoms with E-state index in [1.165, 1.54) is 18.1 Å². The van der Waals surface area contributed by atoms with Crippen LogP contribution >= 0.6 is 0 Å². The van der Waals surface area contributed by atoms with Crippen LogP contribution in [-0.4, -0.2) is 19.2 Å². The third-order valence-corrected chi connectivity index (χ3v) is 4.84. The third kappa shape index (κ3) is 10.6. The summed E-state index contributed by atoms with van der Waals surface area (Å²) in [5.41, 5.74) is 2.97. The van der Waals surface area contributed by atoms with E-state index in [2.05, 4.69) is 35.9 Å². The maximum absolute atomic E-state index is 10.9. The molecule has 2 rings (SSSR count). The van der Waals surface area contributed by atoms with Gasteiger partial charge in [-0.15, -0.1) is 0 Å². The molecule has 0 N–H and O–H groups in total. The number of ether oxygens (including phenoxy) is 2. The number of rotatable bonds is 15. The van der Waals surface area contributed by atoms with Crippen LogP contribution in [0.1, 0.15) is 57.4 Å². The molecule has 31 heavy (non-hydrogen) atoms. The molecule has 166 valence electrons. The highest BCUT2D eigenvalue weighted by molar-refractivity contribution is 5.81. The molecule has 0 atom stereocenters. The molecule has 5 nitrogen and oxygen atoms in total. The summed E-state index contributed by atoms with van der Waals surface area (Å²) in [6.07, 6.45) is 9.92. The molecule has 0 spiro atoms. The Kier molecular flexibility index (Phi) is 11.7. The molecule has 0 bridgehead atoms. The van der Waals surface area contributed by atoms with Crippen LogP contribution in [0.4, 0.5) is 11.4 Å². The summed E-state index contributed by atoms with van der Waals surface area (Å²) in [6, 6.07) is 16.0. The number of nitrogens with zero attached hydrogens (tertiary/aromatic N) is 2. The van der Waals surface area contributed by atoms with E-state index in [0.717, 1.165) is 68.7 Å². The fraction of sp³-hybridized carbons (Fsp3) is 0.423. The maximum Gasteiger partial charge on any atom is 0.330 e. The number of esters is 1. The maximum atomic E-state index is 10.9. The molecule has 2 aromatic rings. The van der Waals surface area contributed by atoms with Gasteiger partial charge in [0.15, 0.2) is 0 Å². The van der Waals surface area contributed by atoms with Crippen LogP contribution in [0.3, 0.4) is 0 Å². The van der Waals surface area contributed by atoms with Crippen molar-refractivity contribution in [2.75, 3.05) is 13.2 Å². The van der Waals surface area contributed by atoms with Gasteiger partial charge in [0, 0.05) is 6.08 Å². The van der Waals surface area contributed by atoms with E-state index >= 15 is 0 Å². The first-order valence-electron chi connectivity index (χ1n) is 11.2. The molecule has 0 saturated heterocycles. The molecular formula is C26H34N2O3. The fourth-order valence-corrected chi connectivity index (χ4v) is 2.98. The number of aryl methyl sites for hydroxylation is 1. The summed E-state index contributed by atoms with van der Waals surface area (Å²) in [5.74, 6) is 0.529. The highest BCUT2D eigenvalue weighted by atomic mass is 16.5. The van der Waals surface area contributed by atoms with Gasteiger partial charge in [-0.2, -0.15) is 10.2 Å². The van der Waals surface area contributed by atoms with Crippen LogP contribution in [0.2, 0.25) is 0 Å². The summed E-state index contributed by atoms with van der Waals surface area (Å²) in [4.78, 5) is 10.9. The highest BCUT2D eigenvalue weighted by Gasteiger charge is 1.98. The predicted molar refractivity (Wildman–Crippen MR) is 125 cm³/mol. The monoisotopic (exact) mass is 422 g/mol. The third-order valence-electron chi connectivity index (χ3n) is 4.84. The Labute approximate surface area is 186 Å². The van der Waals surface area contributed by atoms with Crippen molar-refractivity contribution in [3.05, 3.63) is 66.7 Å². The van der Waals surface area contributed by atoms with Gasteiger partial charge < -0.3 is 9.47 Å². The van der Waals surface area contributed by atoms with E-state index < -0.39 is 0 Å². The van der Waals surface area contributed by atoms with Gasteiger partial charge in [-0.3, -0.25) is 0 Å². The number of azo groups is 1. The summed E-state index contributed by atoms with van der Waals surface area (Å²) >= 11 is 0. The first kappa shape index (κ1) is 24.3. The second-order valence-corrected chi connectivity index (χ2v) is 7.45. The Balaban J connectivity index is 1.64. The minimum absolute atomic E-state index is 0.340. The summed E-state index contributed by atoms with van der Waals surface area (Å²) in [5, 5.41) is 8.63. The molecular weight excluding hydrogens is 388 g/mol. The average molecular weight is 423 g/mol. The summed E-state index contributed by atoms with van der Waals surface area (Å²) in [6.45, 7) is 6.76. The zero-order valence-electron chi connectivity index (χ0n) is 18.6. The van der Waals surface area contributed by atoms with Crippen molar-refractivity contribution in [1.29, 1.82) is 0 Å². The second-order valence-electron chi connectivity index (χ2n) is 7.45. The average Bonchev–Trinajstić information content (AvgIpc) is 2.81. The molecule has 0 aliphatic heterocycles. The van der Waals surface area contributed by atoms with Crippen LogP contribution in [0.5, 0.6) is 5.75 Å². The standard InChI is InChI=1S/C26H34N2O3/c1-3-5-20-30-25-18-16-24(17-19-25)28-27-23-14-12-22(13-15-23)11-9-7-6-8-10-21-31-26(29)4-2/h4,12-19H,2-3,5-11,20-21H2,1H3. The molecule has 0 radical (unpaired) electrons. The van der Waals surface area contributed by atoms with Gasteiger partial charge in [-0.25, -0.2) is 4.79 Å². The molecule has 2 aromatic carbocycles. The van der Waals surface area contributed by atoms with Crippen molar-refractivity contribution in [3.8, 4) is 5.75 Å². The van der Waals surface area contributed by atoms with E-state index in [1.807, 2.05) is 36.4 Å². The van der Waals surface area contributed by atoms with Gasteiger partial charge in [0.05, 0.1) is 24.6 Å². The van der Waals surface area contributed by atoms with E-state index in [-0.39, 0.29) is 5.97 Å². The Morgan fingerprint density at radius 3 is 2.10 bits per heavy atom. The topological polar surface area (TPSA) is 60.2 Å². The van der Waals surface area contributed by atoms with Crippen LogP contribution in [0.25, 0.3) is 0 Å². The number of unbranched alkanes of at least 4 members (excludes halogenated alkanes) is 5. The lowest BCUT2D eigenvalue weighted by Gasteiger charge is -2.04. The van der Waals surface area contributed by atoms with Crippen molar-refractivity contribution in [1.82, 2.24) is 0 Å². The van der Waals surface area contributed by atoms with Crippen molar-refractivity contribution in [2.24, 2.45) is 10.2 Å². The van der Waals surface area contributed by atoms with Gasteiger partial charge in [0.1, 0.15) is 5.75 Å². The van der Waals surface area contributed by atoms with Crippen molar-refractivity contribution in [3.63, 3.8) is 0 Å². The van der Waals surface area contributed by atoms with E-state index in [1.54, 1.807) is 0 Å². The zero-order chi connectivity index (χ0) is 22.2. The van der Waals surface area contributed by atoms with Crippen molar-refractivity contribution < 1.29 is 14.3 Å². The Morgan fingerprint density at radius 2 is 1.45 bits per heavy atom. The van der Waals surface area contributed by atoms with Crippen LogP contribution in [0.15, 0.2) is 71.4 Å². The van der Waals surface area contributed by atoms with Crippen LogP contribution < -0.4 is 4.74 Å². The first-order chi connectivity index (χ1) is 15.2. The number of benzene rings is 2. The minimum Gasteiger partial charge on any atom is -0.494 e. The van der Waals surface area contributed by atoms with Gasteiger partial charge in [-0.05, 0) is 67.6 Å². The normalized spacial score (nSPS) is 10.9. The molecule has 0 heterocycles. The van der Waals surface area contributed by atoms with Crippen molar-refractivity contribution >= 4 is 17.3 Å². The lowest BCUT2D eigenvalue weighted by atomic mass is 10.1. The zero-order valence-corrected chi connectivity index (χ0v) is 18.6. The van der Waals surface area contributed by atoms with Gasteiger partial charge >= 0.3 is 5.97 Å². The molecule has 0 fully saturated rings. The molecule has 0 unspecified atom stereocenters. The molecule has 0 amide bonds. The SMILES string of the molecule is C=CC(=O)OCCCCCCCc1ccc(N=Nc2ccc(OCCCC)cc2)cc1. The summed E-state index contributed by atoms with van der Waals surface area (Å²) in [7, 11) is 0. The quantitative estimate of drug-likeness (QED) is 0.129. The number of hydrogen-bond donors (Lipinski definition) is 0. The van der Waals surface area contributed by atoms with Crippen LogP contribution in [-0.2, 0) is 16.0 Å². The first-order valence-corrected chi connectivity index (χ1v) is 11.2. The fourth-order valence-electron chi connectivity index (χ4n) is 2.98. The smallest absolute Gasteiger partial charge is 0.330 e. The summed E-state index contributed by atoms with van der Waals surface area (Å²) < 4.78 is 10.6. The molecule has 0 aromatic heterocycles. The largest absolute Gasteiger partial charge is 0.494 e. The molecule has 0 aliphatic carbocycles. The number of carbonyl (C=O) groups is 1. The minimum atomic E-state index is -0.340. The van der Waals surface area contributed by atoms with Crippen molar-refractivity contribution in [2.45, 2.75) is 58.3 Å². The highest BCUT2D eigenvalue weighted by Crippen LogP contribution is 2.22.